The van der Waals surface area contributed by atoms with Crippen LogP contribution in [0.25, 0.3) is 10.1 Å². The lowest BCUT2D eigenvalue weighted by molar-refractivity contribution is -0.385. The van der Waals surface area contributed by atoms with Crippen LogP contribution in [0.4, 0.5) is 5.69 Å². The van der Waals surface area contributed by atoms with Crippen LogP contribution >= 0.6 is 11.3 Å². The van der Waals surface area contributed by atoms with Gasteiger partial charge in [0.2, 0.25) is 0 Å². The van der Waals surface area contributed by atoms with E-state index in [2.05, 4.69) is 5.10 Å². The Morgan fingerprint density at radius 2 is 2.23 bits per heavy atom. The van der Waals surface area contributed by atoms with E-state index >= 15 is 0 Å². The van der Waals surface area contributed by atoms with Crippen LogP contribution in [-0.4, -0.2) is 30.5 Å². The average Bonchev–Trinajstić information content (AvgIpc) is 3.11. The first-order valence-electron chi connectivity index (χ1n) is 6.46. The van der Waals surface area contributed by atoms with Gasteiger partial charge in [-0.05, 0) is 17.5 Å². The number of aliphatic hydroxyl groups is 1. The van der Waals surface area contributed by atoms with Crippen molar-refractivity contribution in [1.29, 1.82) is 0 Å². The second kappa shape index (κ2) is 5.70. The summed E-state index contributed by atoms with van der Waals surface area (Å²) in [5.74, 6) is 0. The standard InChI is InChI=1S/C13H12N4O4S/c18-10(8-16-6-9(5-14-16)17(20)21)7-15-3-1-12-11(13(15)19)2-4-22-12/h1-6,10,18H,7-8H2/t10-/m1/s1. The van der Waals surface area contributed by atoms with Crippen molar-refractivity contribution in [3.8, 4) is 0 Å². The highest BCUT2D eigenvalue weighted by Gasteiger charge is 2.13. The Balaban J connectivity index is 1.74. The Bertz CT molecular complexity index is 881. The number of hydrogen-bond acceptors (Lipinski definition) is 6. The van der Waals surface area contributed by atoms with Crippen molar-refractivity contribution in [2.24, 2.45) is 0 Å². The van der Waals surface area contributed by atoms with E-state index in [4.69, 9.17) is 0 Å². The van der Waals surface area contributed by atoms with Gasteiger partial charge in [0, 0.05) is 10.9 Å². The first-order valence-corrected chi connectivity index (χ1v) is 7.34. The lowest BCUT2D eigenvalue weighted by atomic mass is 10.3. The summed E-state index contributed by atoms with van der Waals surface area (Å²) < 4.78 is 3.62. The minimum Gasteiger partial charge on any atom is -0.389 e. The summed E-state index contributed by atoms with van der Waals surface area (Å²) in [6.07, 6.45) is 3.12. The predicted molar refractivity (Wildman–Crippen MR) is 81.0 cm³/mol. The topological polar surface area (TPSA) is 103 Å². The highest BCUT2D eigenvalue weighted by Crippen LogP contribution is 2.16. The lowest BCUT2D eigenvalue weighted by Gasteiger charge is -2.12. The third kappa shape index (κ3) is 2.76. The number of aliphatic hydroxyl groups excluding tert-OH is 1. The molecule has 22 heavy (non-hydrogen) atoms. The molecule has 0 unspecified atom stereocenters. The van der Waals surface area contributed by atoms with Crippen molar-refractivity contribution in [2.45, 2.75) is 19.2 Å². The Morgan fingerprint density at radius 3 is 2.95 bits per heavy atom. The normalized spacial score (nSPS) is 12.6. The Hall–Kier alpha value is -2.52. The minimum atomic E-state index is -0.881. The molecular weight excluding hydrogens is 308 g/mol. The molecule has 1 N–H and O–H groups in total. The number of aromatic nitrogens is 3. The molecule has 0 spiro atoms. The van der Waals surface area contributed by atoms with E-state index in [0.717, 1.165) is 10.9 Å². The van der Waals surface area contributed by atoms with Crippen LogP contribution in [0.1, 0.15) is 0 Å². The maximum atomic E-state index is 12.2. The van der Waals surface area contributed by atoms with Crippen LogP contribution in [0.15, 0.2) is 40.9 Å². The Labute approximate surface area is 128 Å². The molecule has 0 aliphatic rings. The van der Waals surface area contributed by atoms with Crippen molar-refractivity contribution in [3.63, 3.8) is 0 Å². The zero-order chi connectivity index (χ0) is 15.7. The van der Waals surface area contributed by atoms with E-state index in [9.17, 15) is 20.0 Å². The van der Waals surface area contributed by atoms with E-state index in [1.54, 1.807) is 12.3 Å². The molecule has 0 bridgehead atoms. The van der Waals surface area contributed by atoms with Crippen LogP contribution in [0.3, 0.4) is 0 Å². The van der Waals surface area contributed by atoms with Gasteiger partial charge in [0.15, 0.2) is 0 Å². The summed E-state index contributed by atoms with van der Waals surface area (Å²) in [6, 6.07) is 3.58. The quantitative estimate of drug-likeness (QED) is 0.562. The minimum absolute atomic E-state index is 0.0714. The van der Waals surface area contributed by atoms with E-state index < -0.39 is 11.0 Å². The van der Waals surface area contributed by atoms with E-state index in [1.165, 1.54) is 26.8 Å². The maximum absolute atomic E-state index is 12.2. The predicted octanol–water partition coefficient (Wildman–Crippen LogP) is 1.23. The van der Waals surface area contributed by atoms with Crippen molar-refractivity contribution in [1.82, 2.24) is 14.3 Å². The van der Waals surface area contributed by atoms with Gasteiger partial charge in [0.25, 0.3) is 5.56 Å². The monoisotopic (exact) mass is 320 g/mol. The SMILES string of the molecule is O=c1c2ccsc2ccn1C[C@@H](O)Cn1cc([N+](=O)[O-])cn1. The Kier molecular flexibility index (Phi) is 3.73. The zero-order valence-electron chi connectivity index (χ0n) is 11.3. The van der Waals surface area contributed by atoms with Crippen molar-refractivity contribution < 1.29 is 10.0 Å². The van der Waals surface area contributed by atoms with Gasteiger partial charge in [-0.25, -0.2) is 0 Å². The van der Waals surface area contributed by atoms with Gasteiger partial charge in [-0.15, -0.1) is 11.3 Å². The van der Waals surface area contributed by atoms with Gasteiger partial charge in [-0.3, -0.25) is 19.6 Å². The molecule has 0 aliphatic heterocycles. The number of thiophene rings is 1. The number of pyridine rings is 1. The molecule has 0 aliphatic carbocycles. The third-order valence-electron chi connectivity index (χ3n) is 3.23. The molecule has 0 saturated carbocycles. The number of fused-ring (bicyclic) bond motifs is 1. The zero-order valence-corrected chi connectivity index (χ0v) is 12.1. The molecule has 0 amide bonds. The molecule has 114 valence electrons. The number of hydrogen-bond donors (Lipinski definition) is 1. The molecule has 0 saturated heterocycles. The van der Waals surface area contributed by atoms with Gasteiger partial charge in [0.05, 0.1) is 29.5 Å². The van der Waals surface area contributed by atoms with Crippen molar-refractivity contribution >= 4 is 27.1 Å². The van der Waals surface area contributed by atoms with Crippen LogP contribution in [0, 0.1) is 10.1 Å². The second-order valence-electron chi connectivity index (χ2n) is 4.80. The van der Waals surface area contributed by atoms with Crippen LogP contribution < -0.4 is 5.56 Å². The largest absolute Gasteiger partial charge is 0.389 e. The fourth-order valence-electron chi connectivity index (χ4n) is 2.20. The number of rotatable bonds is 5. The molecule has 3 aromatic heterocycles. The molecule has 3 aromatic rings. The molecule has 0 radical (unpaired) electrons. The fourth-order valence-corrected chi connectivity index (χ4v) is 2.97. The van der Waals surface area contributed by atoms with Crippen LogP contribution in [0.2, 0.25) is 0 Å². The van der Waals surface area contributed by atoms with Crippen molar-refractivity contribution in [3.05, 3.63) is 56.6 Å². The first kappa shape index (κ1) is 14.4. The summed E-state index contributed by atoms with van der Waals surface area (Å²) in [5, 5.41) is 26.9. The van der Waals surface area contributed by atoms with Crippen molar-refractivity contribution in [2.75, 3.05) is 0 Å². The highest BCUT2D eigenvalue weighted by atomic mass is 32.1. The number of nitrogens with zero attached hydrogens (tertiary/aromatic N) is 4. The second-order valence-corrected chi connectivity index (χ2v) is 5.75. The highest BCUT2D eigenvalue weighted by molar-refractivity contribution is 7.17. The summed E-state index contributed by atoms with van der Waals surface area (Å²) in [4.78, 5) is 22.2. The smallest absolute Gasteiger partial charge is 0.306 e. The maximum Gasteiger partial charge on any atom is 0.306 e. The van der Waals surface area contributed by atoms with Gasteiger partial charge in [-0.1, -0.05) is 0 Å². The van der Waals surface area contributed by atoms with E-state index in [0.29, 0.717) is 5.39 Å². The molecule has 1 atom stereocenters. The van der Waals surface area contributed by atoms with E-state index in [1.807, 2.05) is 11.4 Å². The van der Waals surface area contributed by atoms with Gasteiger partial charge < -0.3 is 9.67 Å². The molecule has 8 nitrogen and oxygen atoms in total. The summed E-state index contributed by atoms with van der Waals surface area (Å²) in [5.41, 5.74) is -0.298. The van der Waals surface area contributed by atoms with E-state index in [-0.39, 0.29) is 24.3 Å². The molecule has 0 fully saturated rings. The van der Waals surface area contributed by atoms with Crippen LogP contribution in [-0.2, 0) is 13.1 Å². The van der Waals surface area contributed by atoms with Crippen LogP contribution in [0.5, 0.6) is 0 Å². The molecular formula is C13H12N4O4S. The lowest BCUT2D eigenvalue weighted by Crippen LogP contribution is -2.28. The number of nitro groups is 1. The third-order valence-corrected chi connectivity index (χ3v) is 4.11. The Morgan fingerprint density at radius 1 is 1.41 bits per heavy atom. The fraction of sp³-hybridized carbons (Fsp3) is 0.231. The summed E-state index contributed by atoms with van der Waals surface area (Å²) in [7, 11) is 0. The summed E-state index contributed by atoms with van der Waals surface area (Å²) in [6.45, 7) is 0.167. The summed E-state index contributed by atoms with van der Waals surface area (Å²) >= 11 is 1.48. The van der Waals surface area contributed by atoms with Gasteiger partial charge in [-0.2, -0.15) is 5.10 Å². The molecule has 3 rings (SSSR count). The van der Waals surface area contributed by atoms with Gasteiger partial charge in [0.1, 0.15) is 12.4 Å². The molecule has 3 heterocycles. The first-order chi connectivity index (χ1) is 10.5. The molecule has 9 heteroatoms. The molecule has 0 aromatic carbocycles. The average molecular weight is 320 g/mol. The van der Waals surface area contributed by atoms with Gasteiger partial charge >= 0.3 is 5.69 Å².